The Kier molecular flexibility index (Phi) is 9.05. The predicted octanol–water partition coefficient (Wildman–Crippen LogP) is 2.90. The zero-order chi connectivity index (χ0) is 21.9. The molecule has 0 heterocycles. The largest absolute Gasteiger partial charge is 0.493 e. The Bertz CT molecular complexity index is 930. The summed E-state index contributed by atoms with van der Waals surface area (Å²) in [5.41, 5.74) is 1.13. The Morgan fingerprint density at radius 3 is 2.40 bits per heavy atom. The molecule has 2 unspecified atom stereocenters. The van der Waals surface area contributed by atoms with Crippen molar-refractivity contribution in [1.29, 1.82) is 0 Å². The number of ether oxygens (including phenoxy) is 3. The van der Waals surface area contributed by atoms with E-state index in [2.05, 4.69) is 17.2 Å². The molecule has 0 aliphatic heterocycles. The SMILES string of the molecule is C#CCOc1ccc(C(O)CNC(=O)C(OCC#C)c2ccc(Cl)cc2)cc1OC. The highest BCUT2D eigenvalue weighted by molar-refractivity contribution is 6.30. The van der Waals surface area contributed by atoms with Gasteiger partial charge < -0.3 is 24.6 Å². The lowest BCUT2D eigenvalue weighted by Gasteiger charge is -2.19. The van der Waals surface area contributed by atoms with Crippen LogP contribution in [0.5, 0.6) is 11.5 Å². The van der Waals surface area contributed by atoms with Gasteiger partial charge in [-0.25, -0.2) is 0 Å². The first-order valence-corrected chi connectivity index (χ1v) is 9.38. The normalized spacial score (nSPS) is 12.2. The molecule has 0 spiro atoms. The number of rotatable bonds is 10. The van der Waals surface area contributed by atoms with E-state index in [1.165, 1.54) is 7.11 Å². The minimum Gasteiger partial charge on any atom is -0.493 e. The van der Waals surface area contributed by atoms with Gasteiger partial charge in [0.1, 0.15) is 13.2 Å². The number of hydrogen-bond donors (Lipinski definition) is 2. The molecule has 2 aromatic rings. The van der Waals surface area contributed by atoms with Gasteiger partial charge in [0.05, 0.1) is 13.2 Å². The van der Waals surface area contributed by atoms with Gasteiger partial charge in [-0.2, -0.15) is 0 Å². The number of halogens is 1. The molecule has 6 nitrogen and oxygen atoms in total. The summed E-state index contributed by atoms with van der Waals surface area (Å²) in [6, 6.07) is 11.6. The molecule has 0 saturated carbocycles. The van der Waals surface area contributed by atoms with E-state index in [0.717, 1.165) is 0 Å². The molecular weight excluding hydrogens is 406 g/mol. The van der Waals surface area contributed by atoms with Crippen molar-refractivity contribution >= 4 is 17.5 Å². The number of aliphatic hydroxyl groups is 1. The Morgan fingerprint density at radius 1 is 1.10 bits per heavy atom. The first-order valence-electron chi connectivity index (χ1n) is 9.00. The summed E-state index contributed by atoms with van der Waals surface area (Å²) in [7, 11) is 1.48. The fourth-order valence-corrected chi connectivity index (χ4v) is 2.76. The third-order valence-electron chi connectivity index (χ3n) is 4.10. The second-order valence-corrected chi connectivity index (χ2v) is 6.55. The maximum atomic E-state index is 12.7. The molecular formula is C23H22ClNO5. The van der Waals surface area contributed by atoms with Crippen molar-refractivity contribution in [2.24, 2.45) is 0 Å². The standard InChI is InChI=1S/C23H22ClNO5/c1-4-12-29-20-11-8-17(14-21(20)28-3)19(26)15-25-23(27)22(30-13-5-2)16-6-9-18(24)10-7-16/h1-2,6-11,14,19,22,26H,12-13,15H2,3H3,(H,25,27). The highest BCUT2D eigenvalue weighted by atomic mass is 35.5. The summed E-state index contributed by atoms with van der Waals surface area (Å²) < 4.78 is 16.1. The maximum Gasteiger partial charge on any atom is 0.253 e. The molecule has 1 amide bonds. The number of benzene rings is 2. The van der Waals surface area contributed by atoms with Crippen LogP contribution in [0, 0.1) is 24.7 Å². The van der Waals surface area contributed by atoms with Crippen molar-refractivity contribution in [3.8, 4) is 36.2 Å². The number of aliphatic hydroxyl groups excluding tert-OH is 1. The molecule has 30 heavy (non-hydrogen) atoms. The third-order valence-corrected chi connectivity index (χ3v) is 4.35. The predicted molar refractivity (Wildman–Crippen MR) is 114 cm³/mol. The van der Waals surface area contributed by atoms with Crippen LogP contribution in [0.3, 0.4) is 0 Å². The van der Waals surface area contributed by atoms with Crippen LogP contribution in [0.4, 0.5) is 0 Å². The van der Waals surface area contributed by atoms with Gasteiger partial charge >= 0.3 is 0 Å². The molecule has 0 radical (unpaired) electrons. The zero-order valence-electron chi connectivity index (χ0n) is 16.4. The maximum absolute atomic E-state index is 12.7. The quantitative estimate of drug-likeness (QED) is 0.570. The van der Waals surface area contributed by atoms with Crippen molar-refractivity contribution in [3.63, 3.8) is 0 Å². The summed E-state index contributed by atoms with van der Waals surface area (Å²) in [4.78, 5) is 12.7. The first kappa shape index (κ1) is 23.1. The summed E-state index contributed by atoms with van der Waals surface area (Å²) in [6.45, 7) is 0.00764. The average molecular weight is 428 g/mol. The molecule has 0 aliphatic rings. The van der Waals surface area contributed by atoms with E-state index in [1.54, 1.807) is 42.5 Å². The Morgan fingerprint density at radius 2 is 1.77 bits per heavy atom. The van der Waals surface area contributed by atoms with Crippen LogP contribution in [-0.4, -0.2) is 37.9 Å². The Balaban J connectivity index is 2.06. The summed E-state index contributed by atoms with van der Waals surface area (Å²) in [5.74, 6) is 5.16. The van der Waals surface area contributed by atoms with Gasteiger partial charge in [0.2, 0.25) is 0 Å². The van der Waals surface area contributed by atoms with Crippen molar-refractivity contribution < 1.29 is 24.1 Å². The molecule has 2 atom stereocenters. The number of nitrogens with one attached hydrogen (secondary N) is 1. The molecule has 0 saturated heterocycles. The second kappa shape index (κ2) is 11.7. The topological polar surface area (TPSA) is 77.0 Å². The number of carbonyl (C=O) groups excluding carboxylic acids is 1. The van der Waals surface area contributed by atoms with E-state index in [0.29, 0.717) is 27.6 Å². The first-order chi connectivity index (χ1) is 14.5. The molecule has 0 aromatic heterocycles. The van der Waals surface area contributed by atoms with E-state index in [9.17, 15) is 9.90 Å². The van der Waals surface area contributed by atoms with Gasteiger partial charge in [0.15, 0.2) is 17.6 Å². The van der Waals surface area contributed by atoms with Gasteiger partial charge in [-0.1, -0.05) is 41.6 Å². The van der Waals surface area contributed by atoms with E-state index in [-0.39, 0.29) is 19.8 Å². The molecule has 156 valence electrons. The van der Waals surface area contributed by atoms with Gasteiger partial charge in [-0.3, -0.25) is 4.79 Å². The van der Waals surface area contributed by atoms with E-state index in [1.807, 2.05) is 0 Å². The van der Waals surface area contributed by atoms with Crippen LogP contribution in [0.15, 0.2) is 42.5 Å². The van der Waals surface area contributed by atoms with Crippen LogP contribution in [0.2, 0.25) is 5.02 Å². The summed E-state index contributed by atoms with van der Waals surface area (Å²) >= 11 is 5.90. The molecule has 0 aliphatic carbocycles. The number of methoxy groups -OCH3 is 1. The fraction of sp³-hybridized carbons (Fsp3) is 0.261. The molecule has 0 fully saturated rings. The number of carbonyl (C=O) groups is 1. The van der Waals surface area contributed by atoms with Crippen molar-refractivity contribution in [2.45, 2.75) is 12.2 Å². The zero-order valence-corrected chi connectivity index (χ0v) is 17.2. The van der Waals surface area contributed by atoms with Gasteiger partial charge in [0.25, 0.3) is 5.91 Å². The summed E-state index contributed by atoms with van der Waals surface area (Å²) in [5, 5.41) is 13.7. The van der Waals surface area contributed by atoms with E-state index >= 15 is 0 Å². The number of amides is 1. The van der Waals surface area contributed by atoms with E-state index in [4.69, 9.17) is 38.7 Å². The van der Waals surface area contributed by atoms with E-state index < -0.39 is 18.1 Å². The van der Waals surface area contributed by atoms with Gasteiger partial charge in [-0.15, -0.1) is 12.8 Å². The minimum absolute atomic E-state index is 0.0421. The highest BCUT2D eigenvalue weighted by Crippen LogP contribution is 2.30. The monoisotopic (exact) mass is 427 g/mol. The highest BCUT2D eigenvalue weighted by Gasteiger charge is 2.22. The van der Waals surface area contributed by atoms with Gasteiger partial charge in [-0.05, 0) is 35.4 Å². The van der Waals surface area contributed by atoms with Crippen LogP contribution < -0.4 is 14.8 Å². The minimum atomic E-state index is -0.983. The number of hydrogen-bond acceptors (Lipinski definition) is 5. The second-order valence-electron chi connectivity index (χ2n) is 6.11. The van der Waals surface area contributed by atoms with Crippen LogP contribution in [0.25, 0.3) is 0 Å². The van der Waals surface area contributed by atoms with Crippen molar-refractivity contribution in [2.75, 3.05) is 26.9 Å². The molecule has 2 N–H and O–H groups in total. The van der Waals surface area contributed by atoms with Crippen molar-refractivity contribution in [3.05, 3.63) is 58.6 Å². The van der Waals surface area contributed by atoms with Gasteiger partial charge in [0, 0.05) is 11.6 Å². The Labute approximate surface area is 181 Å². The lowest BCUT2D eigenvalue weighted by Crippen LogP contribution is -2.34. The third kappa shape index (κ3) is 6.43. The van der Waals surface area contributed by atoms with Crippen LogP contribution in [0.1, 0.15) is 23.3 Å². The molecule has 7 heteroatoms. The molecule has 2 aromatic carbocycles. The van der Waals surface area contributed by atoms with Crippen LogP contribution >= 0.6 is 11.6 Å². The lowest BCUT2D eigenvalue weighted by molar-refractivity contribution is -0.132. The average Bonchev–Trinajstić information content (AvgIpc) is 2.77. The molecule has 0 bridgehead atoms. The molecule has 2 rings (SSSR count). The fourth-order valence-electron chi connectivity index (χ4n) is 2.63. The number of terminal acetylenes is 2. The Hall–Kier alpha value is -3.16. The lowest BCUT2D eigenvalue weighted by atomic mass is 10.1. The smallest absolute Gasteiger partial charge is 0.253 e. The summed E-state index contributed by atoms with van der Waals surface area (Å²) in [6.07, 6.45) is 8.53. The van der Waals surface area contributed by atoms with Crippen molar-refractivity contribution in [1.82, 2.24) is 5.32 Å². The van der Waals surface area contributed by atoms with Crippen LogP contribution in [-0.2, 0) is 9.53 Å².